The summed E-state index contributed by atoms with van der Waals surface area (Å²) in [6, 6.07) is 12.1. The van der Waals surface area contributed by atoms with Crippen LogP contribution in [-0.4, -0.2) is 18.6 Å². The van der Waals surface area contributed by atoms with Crippen LogP contribution in [0.3, 0.4) is 0 Å². The summed E-state index contributed by atoms with van der Waals surface area (Å²) in [4.78, 5) is 14.5. The first kappa shape index (κ1) is 16.0. The Kier molecular flexibility index (Phi) is 4.66. The molecule has 0 spiro atoms. The van der Waals surface area contributed by atoms with E-state index in [1.165, 1.54) is 23.8 Å². The van der Waals surface area contributed by atoms with Crippen LogP contribution in [0.15, 0.2) is 46.9 Å². The van der Waals surface area contributed by atoms with Gasteiger partial charge in [-0.2, -0.15) is 0 Å². The summed E-state index contributed by atoms with van der Waals surface area (Å²) >= 11 is 3.26. The lowest BCUT2D eigenvalue weighted by molar-refractivity contribution is -0.124. The fourth-order valence-electron chi connectivity index (χ4n) is 2.79. The maximum atomic E-state index is 13.1. The Balaban J connectivity index is 1.78. The number of carbonyl (C=O) groups excluding carboxylic acids is 1. The molecule has 2 aromatic carbocycles. The Bertz CT molecular complexity index is 735. The lowest BCUT2D eigenvalue weighted by atomic mass is 10.0. The van der Waals surface area contributed by atoms with Gasteiger partial charge in [-0.25, -0.2) is 4.39 Å². The molecular weight excluding hydrogens is 361 g/mol. The molecule has 0 N–H and O–H groups in total. The van der Waals surface area contributed by atoms with Crippen LogP contribution >= 0.6 is 15.9 Å². The topological polar surface area (TPSA) is 29.5 Å². The second kappa shape index (κ2) is 6.71. The maximum Gasteiger partial charge on any atom is 0.267 e. The zero-order chi connectivity index (χ0) is 16.4. The predicted octanol–water partition coefficient (Wildman–Crippen LogP) is 4.33. The number of ether oxygens (including phenoxy) is 1. The molecule has 120 valence electrons. The minimum atomic E-state index is -0.650. The molecule has 1 unspecified atom stereocenters. The van der Waals surface area contributed by atoms with Crippen LogP contribution in [0.25, 0.3) is 0 Å². The van der Waals surface area contributed by atoms with Gasteiger partial charge in [0.2, 0.25) is 0 Å². The van der Waals surface area contributed by atoms with E-state index >= 15 is 0 Å². The molecule has 3 nitrogen and oxygen atoms in total. The standard InChI is InChI=1S/C18H17BrFNO2/c1-12(23-17-9-8-14(20)11-15(17)19)18(22)21-10-4-6-13-5-2-3-7-16(13)21/h2-3,5,7-9,11-12H,4,6,10H2,1H3. The number of hydrogen-bond acceptors (Lipinski definition) is 2. The second-order valence-electron chi connectivity index (χ2n) is 5.56. The largest absolute Gasteiger partial charge is 0.480 e. The summed E-state index contributed by atoms with van der Waals surface area (Å²) < 4.78 is 19.4. The smallest absolute Gasteiger partial charge is 0.267 e. The average Bonchev–Trinajstić information content (AvgIpc) is 2.56. The summed E-state index contributed by atoms with van der Waals surface area (Å²) in [6.45, 7) is 2.41. The zero-order valence-corrected chi connectivity index (χ0v) is 14.3. The fraction of sp³-hybridized carbons (Fsp3) is 0.278. The summed E-state index contributed by atoms with van der Waals surface area (Å²) in [6.07, 6.45) is 1.27. The molecule has 5 heteroatoms. The zero-order valence-electron chi connectivity index (χ0n) is 12.8. The highest BCUT2D eigenvalue weighted by Gasteiger charge is 2.27. The molecule has 0 aliphatic carbocycles. The average molecular weight is 378 g/mol. The molecule has 1 heterocycles. The SMILES string of the molecule is CC(Oc1ccc(F)cc1Br)C(=O)N1CCCc2ccccc21. The molecule has 1 aliphatic heterocycles. The van der Waals surface area contributed by atoms with Gasteiger partial charge in [0.15, 0.2) is 6.10 Å². The lowest BCUT2D eigenvalue weighted by Gasteiger charge is -2.31. The maximum absolute atomic E-state index is 13.1. The monoisotopic (exact) mass is 377 g/mol. The number of fused-ring (bicyclic) bond motifs is 1. The van der Waals surface area contributed by atoms with Gasteiger partial charge in [0.05, 0.1) is 4.47 Å². The molecule has 0 fully saturated rings. The quantitative estimate of drug-likeness (QED) is 0.796. The number of carbonyl (C=O) groups is 1. The third kappa shape index (κ3) is 3.39. The molecule has 1 amide bonds. The van der Waals surface area contributed by atoms with E-state index in [0.29, 0.717) is 16.8 Å². The Morgan fingerprint density at radius 1 is 1.30 bits per heavy atom. The van der Waals surface area contributed by atoms with Gasteiger partial charge in [0.25, 0.3) is 5.91 Å². The van der Waals surface area contributed by atoms with Gasteiger partial charge in [-0.1, -0.05) is 18.2 Å². The molecule has 0 saturated heterocycles. The highest BCUT2D eigenvalue weighted by Crippen LogP contribution is 2.29. The molecule has 3 rings (SSSR count). The minimum Gasteiger partial charge on any atom is -0.480 e. The van der Waals surface area contributed by atoms with Gasteiger partial charge in [0.1, 0.15) is 11.6 Å². The van der Waals surface area contributed by atoms with E-state index in [0.717, 1.165) is 18.5 Å². The normalized spacial score (nSPS) is 15.0. The van der Waals surface area contributed by atoms with Crippen molar-refractivity contribution in [3.63, 3.8) is 0 Å². The van der Waals surface area contributed by atoms with Crippen molar-refractivity contribution in [1.29, 1.82) is 0 Å². The molecule has 0 aromatic heterocycles. The number of anilines is 1. The first-order valence-electron chi connectivity index (χ1n) is 7.57. The Labute approximate surface area is 143 Å². The van der Waals surface area contributed by atoms with E-state index in [1.807, 2.05) is 18.2 Å². The van der Waals surface area contributed by atoms with Crippen molar-refractivity contribution < 1.29 is 13.9 Å². The summed E-state index contributed by atoms with van der Waals surface area (Å²) in [7, 11) is 0. The van der Waals surface area contributed by atoms with Crippen LogP contribution in [0.2, 0.25) is 0 Å². The van der Waals surface area contributed by atoms with Crippen LogP contribution in [0, 0.1) is 5.82 Å². The lowest BCUT2D eigenvalue weighted by Crippen LogP contribution is -2.43. The van der Waals surface area contributed by atoms with Crippen molar-refractivity contribution in [1.82, 2.24) is 0 Å². The number of rotatable bonds is 3. The molecule has 0 bridgehead atoms. The third-order valence-electron chi connectivity index (χ3n) is 3.92. The van der Waals surface area contributed by atoms with Crippen LogP contribution in [0.5, 0.6) is 5.75 Å². The number of hydrogen-bond donors (Lipinski definition) is 0. The molecule has 0 saturated carbocycles. The third-order valence-corrected chi connectivity index (χ3v) is 4.54. The summed E-state index contributed by atoms with van der Waals surface area (Å²) in [5, 5.41) is 0. The van der Waals surface area contributed by atoms with E-state index in [9.17, 15) is 9.18 Å². The van der Waals surface area contributed by atoms with Crippen LogP contribution < -0.4 is 9.64 Å². The van der Waals surface area contributed by atoms with Gasteiger partial charge >= 0.3 is 0 Å². The van der Waals surface area contributed by atoms with Crippen molar-refractivity contribution in [3.8, 4) is 5.75 Å². The van der Waals surface area contributed by atoms with Crippen LogP contribution in [-0.2, 0) is 11.2 Å². The Hall–Kier alpha value is -1.88. The number of amides is 1. The number of aryl methyl sites for hydroxylation is 1. The van der Waals surface area contributed by atoms with Crippen molar-refractivity contribution in [2.45, 2.75) is 25.9 Å². The molecular formula is C18H17BrFNO2. The summed E-state index contributed by atoms with van der Waals surface area (Å²) in [5.41, 5.74) is 2.14. The van der Waals surface area contributed by atoms with Gasteiger partial charge in [-0.05, 0) is 65.5 Å². The van der Waals surface area contributed by atoms with E-state index in [1.54, 1.807) is 11.8 Å². The minimum absolute atomic E-state index is 0.0895. The number of benzene rings is 2. The molecule has 1 atom stereocenters. The number of para-hydroxylation sites is 1. The van der Waals surface area contributed by atoms with Gasteiger partial charge in [-0.3, -0.25) is 4.79 Å². The van der Waals surface area contributed by atoms with E-state index in [2.05, 4.69) is 22.0 Å². The summed E-state index contributed by atoms with van der Waals surface area (Å²) in [5.74, 6) is 0.0130. The van der Waals surface area contributed by atoms with Crippen molar-refractivity contribution in [3.05, 3.63) is 58.3 Å². The molecule has 2 aromatic rings. The fourth-order valence-corrected chi connectivity index (χ4v) is 3.24. The van der Waals surface area contributed by atoms with E-state index in [-0.39, 0.29) is 11.7 Å². The Morgan fingerprint density at radius 3 is 2.87 bits per heavy atom. The first-order chi connectivity index (χ1) is 11.1. The van der Waals surface area contributed by atoms with Gasteiger partial charge < -0.3 is 9.64 Å². The highest BCUT2D eigenvalue weighted by atomic mass is 79.9. The van der Waals surface area contributed by atoms with Crippen LogP contribution in [0.1, 0.15) is 18.9 Å². The van der Waals surface area contributed by atoms with Crippen LogP contribution in [0.4, 0.5) is 10.1 Å². The van der Waals surface area contributed by atoms with Crippen molar-refractivity contribution in [2.75, 3.05) is 11.4 Å². The second-order valence-corrected chi connectivity index (χ2v) is 6.41. The molecule has 1 aliphatic rings. The van der Waals surface area contributed by atoms with Crippen molar-refractivity contribution >= 4 is 27.5 Å². The van der Waals surface area contributed by atoms with Gasteiger partial charge in [0, 0.05) is 12.2 Å². The molecule has 0 radical (unpaired) electrons. The van der Waals surface area contributed by atoms with E-state index < -0.39 is 6.10 Å². The number of halogens is 2. The predicted molar refractivity (Wildman–Crippen MR) is 91.3 cm³/mol. The highest BCUT2D eigenvalue weighted by molar-refractivity contribution is 9.10. The number of nitrogens with zero attached hydrogens (tertiary/aromatic N) is 1. The van der Waals surface area contributed by atoms with Crippen molar-refractivity contribution in [2.24, 2.45) is 0 Å². The van der Waals surface area contributed by atoms with E-state index in [4.69, 9.17) is 4.74 Å². The van der Waals surface area contributed by atoms with Gasteiger partial charge in [-0.15, -0.1) is 0 Å². The molecule has 23 heavy (non-hydrogen) atoms. The Morgan fingerprint density at radius 2 is 2.09 bits per heavy atom. The first-order valence-corrected chi connectivity index (χ1v) is 8.36.